The van der Waals surface area contributed by atoms with Gasteiger partial charge in [0.25, 0.3) is 0 Å². The monoisotopic (exact) mass is 685 g/mol. The van der Waals surface area contributed by atoms with Gasteiger partial charge in [0.2, 0.25) is 5.91 Å². The largest absolute Gasteiger partial charge is 0.443 e. The van der Waals surface area contributed by atoms with Crippen LogP contribution in [0.5, 0.6) is 0 Å². The molecule has 0 aliphatic carbocycles. The molecule has 1 amide bonds. The lowest BCUT2D eigenvalue weighted by Crippen LogP contribution is -2.47. The van der Waals surface area contributed by atoms with E-state index in [-0.39, 0.29) is 35.4 Å². The summed E-state index contributed by atoms with van der Waals surface area (Å²) >= 11 is 0. The number of oxazole rings is 1. The van der Waals surface area contributed by atoms with Crippen molar-refractivity contribution in [1.82, 2.24) is 29.2 Å². The van der Waals surface area contributed by atoms with Gasteiger partial charge in [-0.05, 0) is 18.1 Å². The van der Waals surface area contributed by atoms with Crippen LogP contribution in [0.4, 0.5) is 5.82 Å². The normalized spacial score (nSPS) is 20.5. The number of benzene rings is 1. The molecule has 0 saturated carbocycles. The van der Waals surface area contributed by atoms with E-state index in [0.29, 0.717) is 28.1 Å². The summed E-state index contributed by atoms with van der Waals surface area (Å²) in [5.41, 5.74) is 7.70. The van der Waals surface area contributed by atoms with Gasteiger partial charge in [0.15, 0.2) is 43.9 Å². The van der Waals surface area contributed by atoms with E-state index in [1.807, 2.05) is 11.6 Å². The number of carbonyl (C=O) groups excluding carboxylic acids is 2. The van der Waals surface area contributed by atoms with E-state index < -0.39 is 49.6 Å². The number of nitrogen functional groups attached to an aromatic ring is 1. The van der Waals surface area contributed by atoms with Crippen LogP contribution < -0.4 is 10.5 Å². The first-order valence-corrected chi connectivity index (χ1v) is 19.4. The fourth-order valence-corrected chi connectivity index (χ4v) is 7.15. The van der Waals surface area contributed by atoms with Crippen molar-refractivity contribution in [3.05, 3.63) is 55.1 Å². The number of rotatable bonds is 12. The highest BCUT2D eigenvalue weighted by Crippen LogP contribution is 2.44. The summed E-state index contributed by atoms with van der Waals surface area (Å²) < 4.78 is 52.9. The molecular formula is C30H39N7O8SSi. The second kappa shape index (κ2) is 13.2. The molecule has 17 heteroatoms. The number of aromatic nitrogens is 5. The molecular weight excluding hydrogens is 647 g/mol. The number of hydrogen-bond acceptors (Lipinski definition) is 13. The van der Waals surface area contributed by atoms with E-state index in [9.17, 15) is 18.0 Å². The highest BCUT2D eigenvalue weighted by Gasteiger charge is 2.50. The number of anilines is 1. The predicted octanol–water partition coefficient (Wildman–Crippen LogP) is 4.03. The zero-order valence-corrected chi connectivity index (χ0v) is 28.9. The quantitative estimate of drug-likeness (QED) is 0.160. The fraction of sp³-hybridized carbons (Fsp3) is 0.467. The average molecular weight is 686 g/mol. The van der Waals surface area contributed by atoms with E-state index >= 15 is 0 Å². The minimum Gasteiger partial charge on any atom is -0.443 e. The molecule has 5 rings (SSSR count). The second-order valence-corrected chi connectivity index (χ2v) is 19.1. The Bertz CT molecular complexity index is 1860. The van der Waals surface area contributed by atoms with Gasteiger partial charge in [0.1, 0.15) is 11.8 Å². The number of Topliss-reactive ketones (excluding diaryl/α,β-unsaturated/α-hetero) is 1. The Balaban J connectivity index is 1.25. The van der Waals surface area contributed by atoms with Crippen LogP contribution in [-0.4, -0.2) is 71.7 Å². The lowest BCUT2D eigenvalue weighted by molar-refractivity contribution is -0.119. The molecule has 1 unspecified atom stereocenters. The van der Waals surface area contributed by atoms with Gasteiger partial charge in [-0.2, -0.15) is 8.42 Å². The molecule has 0 bridgehead atoms. The average Bonchev–Trinajstić information content (AvgIpc) is 3.75. The number of ether oxygens (including phenoxy) is 1. The molecule has 4 aromatic rings. The molecule has 0 spiro atoms. The number of hydrogen-bond donors (Lipinski definition) is 2. The minimum absolute atomic E-state index is 0.122. The van der Waals surface area contributed by atoms with Crippen LogP contribution >= 0.6 is 0 Å². The molecule has 1 aliphatic heterocycles. The maximum Gasteiger partial charge on any atom is 0.362 e. The van der Waals surface area contributed by atoms with Crippen molar-refractivity contribution in [3.63, 3.8) is 0 Å². The van der Waals surface area contributed by atoms with E-state index in [1.165, 1.54) is 18.9 Å². The summed E-state index contributed by atoms with van der Waals surface area (Å²) in [5, 5.41) is -0.122. The van der Waals surface area contributed by atoms with Gasteiger partial charge in [-0.25, -0.2) is 24.7 Å². The lowest BCUT2D eigenvalue weighted by Gasteiger charge is -2.40. The maximum atomic E-state index is 12.9. The number of nitrogens with one attached hydrogen (secondary N) is 1. The molecule has 47 heavy (non-hydrogen) atoms. The molecule has 4 atom stereocenters. The Kier molecular flexibility index (Phi) is 9.66. The molecule has 0 radical (unpaired) electrons. The molecule has 1 aliphatic rings. The fourth-order valence-electron chi connectivity index (χ4n) is 5.03. The van der Waals surface area contributed by atoms with Crippen LogP contribution in [0.2, 0.25) is 18.1 Å². The SMILES string of the molecule is C[C@H]1C(O[Si](C)(C)C(C)(C)C)[C@H](n2cnc3c(N)ncnc32)O[C@@H]1COS(=O)(=O)NC(=O)CCC(=O)c1ccccc1-c1cnco1. The van der Waals surface area contributed by atoms with Crippen molar-refractivity contribution in [1.29, 1.82) is 0 Å². The van der Waals surface area contributed by atoms with Gasteiger partial charge in [-0.3, -0.25) is 18.3 Å². The molecule has 1 aromatic carbocycles. The molecule has 3 aromatic heterocycles. The first kappa shape index (κ1) is 34.3. The van der Waals surface area contributed by atoms with Crippen LogP contribution in [0.3, 0.4) is 0 Å². The third-order valence-corrected chi connectivity index (χ3v) is 14.1. The van der Waals surface area contributed by atoms with Gasteiger partial charge in [-0.15, -0.1) is 0 Å². The van der Waals surface area contributed by atoms with Crippen LogP contribution in [0.1, 0.15) is 57.1 Å². The number of nitrogens with two attached hydrogens (primary N) is 1. The second-order valence-electron chi connectivity index (χ2n) is 12.9. The van der Waals surface area contributed by atoms with Crippen molar-refractivity contribution in [2.75, 3.05) is 12.3 Å². The summed E-state index contributed by atoms with van der Waals surface area (Å²) in [6.45, 7) is 12.1. The summed E-state index contributed by atoms with van der Waals surface area (Å²) in [4.78, 5) is 42.1. The van der Waals surface area contributed by atoms with Crippen molar-refractivity contribution < 1.29 is 35.8 Å². The maximum absolute atomic E-state index is 12.9. The molecule has 1 fully saturated rings. The number of carbonyl (C=O) groups is 2. The summed E-state index contributed by atoms with van der Waals surface area (Å²) in [5.74, 6) is -0.982. The number of ketones is 1. The topological polar surface area (TPSA) is 204 Å². The zero-order chi connectivity index (χ0) is 34.1. The first-order chi connectivity index (χ1) is 22.1. The predicted molar refractivity (Wildman–Crippen MR) is 173 cm³/mol. The lowest BCUT2D eigenvalue weighted by atomic mass is 9.99. The summed E-state index contributed by atoms with van der Waals surface area (Å²) in [7, 11) is -6.88. The van der Waals surface area contributed by atoms with Gasteiger partial charge in [0, 0.05) is 29.9 Å². The Morgan fingerprint density at radius 3 is 2.57 bits per heavy atom. The zero-order valence-electron chi connectivity index (χ0n) is 27.0. The minimum atomic E-state index is -4.54. The molecule has 1 saturated heterocycles. The third kappa shape index (κ3) is 7.43. The highest BCUT2D eigenvalue weighted by molar-refractivity contribution is 7.85. The van der Waals surface area contributed by atoms with Crippen molar-refractivity contribution >= 4 is 47.3 Å². The Morgan fingerprint density at radius 1 is 1.13 bits per heavy atom. The summed E-state index contributed by atoms with van der Waals surface area (Å²) in [6.07, 6.45) is 2.99. The highest BCUT2D eigenvalue weighted by atomic mass is 32.2. The standard InChI is InChI=1S/C30H39N7O8SSi/c1-18-23(44-29(26(18)45-47(5,6)30(2,3)4)37-16-35-25-27(31)33-15-34-28(25)37)14-43-46(40,41)36-24(39)12-11-21(38)19-9-7-8-10-20(19)22-13-32-17-42-22/h7-10,13,15-18,23,26,29H,11-12,14H2,1-6H3,(H,36,39)(H2,31,33,34)/t18-,23-,26?,29-/m1/s1. The molecule has 3 N–H and O–H groups in total. The first-order valence-electron chi connectivity index (χ1n) is 15.1. The molecule has 15 nitrogen and oxygen atoms in total. The van der Waals surface area contributed by atoms with Gasteiger partial charge >= 0.3 is 10.3 Å². The van der Waals surface area contributed by atoms with Gasteiger partial charge in [-0.1, -0.05) is 52.0 Å². The van der Waals surface area contributed by atoms with Crippen LogP contribution in [0, 0.1) is 5.92 Å². The Hall–Kier alpha value is -4.03. The Morgan fingerprint density at radius 2 is 1.87 bits per heavy atom. The van der Waals surface area contributed by atoms with Gasteiger partial charge in [0.05, 0.1) is 31.3 Å². The number of amides is 1. The van der Waals surface area contributed by atoms with E-state index in [2.05, 4.69) is 53.8 Å². The number of fused-ring (bicyclic) bond motifs is 1. The van der Waals surface area contributed by atoms with E-state index in [1.54, 1.807) is 35.2 Å². The third-order valence-electron chi connectivity index (χ3n) is 8.73. The smallest absolute Gasteiger partial charge is 0.362 e. The van der Waals surface area contributed by atoms with Crippen LogP contribution in [0.25, 0.3) is 22.5 Å². The molecule has 4 heterocycles. The Labute approximate surface area is 273 Å². The number of imidazole rings is 1. The van der Waals surface area contributed by atoms with Gasteiger partial charge < -0.3 is 19.3 Å². The van der Waals surface area contributed by atoms with Crippen molar-refractivity contribution in [2.24, 2.45) is 5.92 Å². The van der Waals surface area contributed by atoms with Crippen LogP contribution in [0.15, 0.2) is 53.9 Å². The van der Waals surface area contributed by atoms with E-state index in [4.69, 9.17) is 23.5 Å². The van der Waals surface area contributed by atoms with Crippen molar-refractivity contribution in [2.45, 2.75) is 77.1 Å². The van der Waals surface area contributed by atoms with E-state index in [0.717, 1.165) is 0 Å². The summed E-state index contributed by atoms with van der Waals surface area (Å²) in [6, 6.07) is 6.72. The van der Waals surface area contributed by atoms with Crippen molar-refractivity contribution in [3.8, 4) is 11.3 Å². The number of nitrogens with zero attached hydrogens (tertiary/aromatic N) is 5. The van der Waals surface area contributed by atoms with Crippen LogP contribution in [-0.2, 0) is 28.4 Å². The molecule has 252 valence electrons.